The van der Waals surface area contributed by atoms with Crippen LogP contribution in [-0.4, -0.2) is 37.0 Å². The molecular weight excluding hydrogens is 258 g/mol. The van der Waals surface area contributed by atoms with Gasteiger partial charge in [-0.05, 0) is 24.6 Å². The van der Waals surface area contributed by atoms with Gasteiger partial charge in [0.25, 0.3) is 0 Å². The maximum atomic E-state index is 5.58. The molecular formula is C14H19N3O3. The van der Waals surface area contributed by atoms with Crippen molar-refractivity contribution in [2.75, 3.05) is 20.8 Å². The highest BCUT2D eigenvalue weighted by atomic mass is 16.5. The van der Waals surface area contributed by atoms with Gasteiger partial charge in [-0.15, -0.1) is 0 Å². The summed E-state index contributed by atoms with van der Waals surface area (Å²) < 4.78 is 15.8. The SMILES string of the molecule is COc1cc(C)ccc1-c1noc(CC(CN)OC)n1. The summed E-state index contributed by atoms with van der Waals surface area (Å²) in [5.41, 5.74) is 7.49. The molecule has 20 heavy (non-hydrogen) atoms. The Kier molecular flexibility index (Phi) is 4.70. The van der Waals surface area contributed by atoms with Gasteiger partial charge in [-0.25, -0.2) is 0 Å². The molecule has 0 aliphatic rings. The average molecular weight is 277 g/mol. The number of hydrogen-bond acceptors (Lipinski definition) is 6. The lowest BCUT2D eigenvalue weighted by Gasteiger charge is -2.08. The molecule has 0 spiro atoms. The van der Waals surface area contributed by atoms with Gasteiger partial charge in [-0.2, -0.15) is 4.98 Å². The van der Waals surface area contributed by atoms with Crippen LogP contribution in [0.2, 0.25) is 0 Å². The van der Waals surface area contributed by atoms with Crippen LogP contribution in [0.5, 0.6) is 5.75 Å². The van der Waals surface area contributed by atoms with E-state index in [0.717, 1.165) is 16.9 Å². The third kappa shape index (κ3) is 3.15. The van der Waals surface area contributed by atoms with Crippen LogP contribution in [0.3, 0.4) is 0 Å². The number of aryl methyl sites for hydroxylation is 1. The number of nitrogens with zero attached hydrogens (tertiary/aromatic N) is 2. The molecule has 6 nitrogen and oxygen atoms in total. The van der Waals surface area contributed by atoms with Gasteiger partial charge in [-0.3, -0.25) is 0 Å². The van der Waals surface area contributed by atoms with E-state index < -0.39 is 0 Å². The summed E-state index contributed by atoms with van der Waals surface area (Å²) in [6.45, 7) is 2.40. The molecule has 1 atom stereocenters. The minimum atomic E-state index is -0.122. The van der Waals surface area contributed by atoms with Crippen molar-refractivity contribution >= 4 is 0 Å². The first-order chi connectivity index (χ1) is 9.67. The van der Waals surface area contributed by atoms with E-state index in [4.69, 9.17) is 19.7 Å². The zero-order chi connectivity index (χ0) is 14.5. The van der Waals surface area contributed by atoms with Gasteiger partial charge < -0.3 is 19.7 Å². The molecule has 0 amide bonds. The van der Waals surface area contributed by atoms with Gasteiger partial charge >= 0.3 is 0 Å². The first kappa shape index (κ1) is 14.5. The zero-order valence-electron chi connectivity index (χ0n) is 11.9. The molecule has 0 bridgehead atoms. The number of aromatic nitrogens is 2. The summed E-state index contributed by atoms with van der Waals surface area (Å²) in [5.74, 6) is 1.73. The molecule has 108 valence electrons. The standard InChI is InChI=1S/C14H19N3O3/c1-9-4-5-11(12(6-9)19-3)14-16-13(20-17-14)7-10(8-15)18-2/h4-6,10H,7-8,15H2,1-3H3. The molecule has 1 heterocycles. The van der Waals surface area contributed by atoms with E-state index in [1.807, 2.05) is 25.1 Å². The highest BCUT2D eigenvalue weighted by molar-refractivity contribution is 5.64. The number of methoxy groups -OCH3 is 2. The summed E-state index contributed by atoms with van der Waals surface area (Å²) in [6, 6.07) is 5.83. The molecule has 0 radical (unpaired) electrons. The first-order valence-electron chi connectivity index (χ1n) is 6.38. The molecule has 1 unspecified atom stereocenters. The van der Waals surface area contributed by atoms with Crippen LogP contribution in [0.1, 0.15) is 11.5 Å². The lowest BCUT2D eigenvalue weighted by Crippen LogP contribution is -2.24. The van der Waals surface area contributed by atoms with E-state index in [1.54, 1.807) is 14.2 Å². The smallest absolute Gasteiger partial charge is 0.229 e. The van der Waals surface area contributed by atoms with Gasteiger partial charge in [0, 0.05) is 13.7 Å². The maximum absolute atomic E-state index is 5.58. The highest BCUT2D eigenvalue weighted by Crippen LogP contribution is 2.28. The lowest BCUT2D eigenvalue weighted by atomic mass is 10.1. The van der Waals surface area contributed by atoms with Crippen molar-refractivity contribution in [3.8, 4) is 17.1 Å². The fourth-order valence-corrected chi connectivity index (χ4v) is 1.89. The van der Waals surface area contributed by atoms with Crippen LogP contribution in [-0.2, 0) is 11.2 Å². The Morgan fingerprint density at radius 1 is 1.35 bits per heavy atom. The van der Waals surface area contributed by atoms with Crippen molar-refractivity contribution in [1.29, 1.82) is 0 Å². The van der Waals surface area contributed by atoms with Gasteiger partial charge in [0.2, 0.25) is 11.7 Å². The van der Waals surface area contributed by atoms with E-state index in [0.29, 0.717) is 24.7 Å². The maximum Gasteiger partial charge on any atom is 0.229 e. The Morgan fingerprint density at radius 2 is 2.15 bits per heavy atom. The molecule has 2 rings (SSSR count). The largest absolute Gasteiger partial charge is 0.496 e. The number of ether oxygens (including phenoxy) is 2. The molecule has 0 fully saturated rings. The van der Waals surface area contributed by atoms with Crippen molar-refractivity contribution in [2.45, 2.75) is 19.4 Å². The third-order valence-corrected chi connectivity index (χ3v) is 3.06. The minimum absolute atomic E-state index is 0.122. The molecule has 6 heteroatoms. The first-order valence-corrected chi connectivity index (χ1v) is 6.38. The van der Waals surface area contributed by atoms with Crippen molar-refractivity contribution < 1.29 is 14.0 Å². The second kappa shape index (κ2) is 6.49. The zero-order valence-corrected chi connectivity index (χ0v) is 11.9. The second-order valence-electron chi connectivity index (χ2n) is 4.51. The topological polar surface area (TPSA) is 83.4 Å². The monoisotopic (exact) mass is 277 g/mol. The number of benzene rings is 1. The molecule has 2 aromatic rings. The average Bonchev–Trinajstić information content (AvgIpc) is 2.92. The predicted octanol–water partition coefficient (Wildman–Crippen LogP) is 1.57. The second-order valence-corrected chi connectivity index (χ2v) is 4.51. The summed E-state index contributed by atoms with van der Waals surface area (Å²) in [6.07, 6.45) is 0.372. The van der Waals surface area contributed by atoms with Crippen molar-refractivity contribution in [3.05, 3.63) is 29.7 Å². The Bertz CT molecular complexity index is 565. The van der Waals surface area contributed by atoms with Gasteiger partial charge in [-0.1, -0.05) is 11.2 Å². The summed E-state index contributed by atoms with van der Waals surface area (Å²) in [4.78, 5) is 4.36. The fourth-order valence-electron chi connectivity index (χ4n) is 1.89. The fraction of sp³-hybridized carbons (Fsp3) is 0.429. The molecule has 0 aliphatic carbocycles. The van der Waals surface area contributed by atoms with Crippen LogP contribution >= 0.6 is 0 Å². The Morgan fingerprint density at radius 3 is 2.80 bits per heavy atom. The van der Waals surface area contributed by atoms with E-state index in [1.165, 1.54) is 0 Å². The van der Waals surface area contributed by atoms with E-state index in [-0.39, 0.29) is 6.10 Å². The summed E-state index contributed by atoms with van der Waals surface area (Å²) >= 11 is 0. The van der Waals surface area contributed by atoms with Crippen LogP contribution in [0.25, 0.3) is 11.4 Å². The third-order valence-electron chi connectivity index (χ3n) is 3.06. The van der Waals surface area contributed by atoms with Crippen molar-refractivity contribution in [3.63, 3.8) is 0 Å². The van der Waals surface area contributed by atoms with E-state index in [9.17, 15) is 0 Å². The Labute approximate surface area is 117 Å². The van der Waals surface area contributed by atoms with E-state index in [2.05, 4.69) is 10.1 Å². The molecule has 0 saturated carbocycles. The number of rotatable bonds is 6. The van der Waals surface area contributed by atoms with Crippen molar-refractivity contribution in [2.24, 2.45) is 5.73 Å². The minimum Gasteiger partial charge on any atom is -0.496 e. The van der Waals surface area contributed by atoms with Crippen LogP contribution in [0.4, 0.5) is 0 Å². The molecule has 1 aromatic heterocycles. The highest BCUT2D eigenvalue weighted by Gasteiger charge is 2.16. The lowest BCUT2D eigenvalue weighted by molar-refractivity contribution is 0.102. The van der Waals surface area contributed by atoms with Gasteiger partial charge in [0.05, 0.1) is 25.2 Å². The van der Waals surface area contributed by atoms with Crippen molar-refractivity contribution in [1.82, 2.24) is 10.1 Å². The van der Waals surface area contributed by atoms with Crippen LogP contribution < -0.4 is 10.5 Å². The summed E-state index contributed by atoms with van der Waals surface area (Å²) in [5, 5.41) is 3.98. The quantitative estimate of drug-likeness (QED) is 0.863. The number of nitrogens with two attached hydrogens (primary N) is 1. The molecule has 2 N–H and O–H groups in total. The Balaban J connectivity index is 2.24. The van der Waals surface area contributed by atoms with Gasteiger partial charge in [0.15, 0.2) is 0 Å². The summed E-state index contributed by atoms with van der Waals surface area (Å²) in [7, 11) is 3.23. The van der Waals surface area contributed by atoms with Gasteiger partial charge in [0.1, 0.15) is 5.75 Å². The number of hydrogen-bond donors (Lipinski definition) is 1. The molecule has 1 aromatic carbocycles. The van der Waals surface area contributed by atoms with Crippen LogP contribution in [0, 0.1) is 6.92 Å². The molecule has 0 aliphatic heterocycles. The predicted molar refractivity (Wildman–Crippen MR) is 74.6 cm³/mol. The van der Waals surface area contributed by atoms with E-state index >= 15 is 0 Å². The Hall–Kier alpha value is -1.92. The molecule has 0 saturated heterocycles. The normalized spacial score (nSPS) is 12.4. The van der Waals surface area contributed by atoms with Crippen LogP contribution in [0.15, 0.2) is 22.7 Å².